The summed E-state index contributed by atoms with van der Waals surface area (Å²) in [5.74, 6) is -2.55. The molecule has 0 unspecified atom stereocenters. The number of hydrogen-bond acceptors (Lipinski definition) is 5. The number of nitrogens with zero attached hydrogens (tertiary/aromatic N) is 1. The average Bonchev–Trinajstić information content (AvgIpc) is 3.18. The van der Waals surface area contributed by atoms with Crippen molar-refractivity contribution in [1.29, 1.82) is 0 Å². The van der Waals surface area contributed by atoms with Crippen LogP contribution in [0, 0.1) is 11.6 Å². The molecule has 0 spiro atoms. The van der Waals surface area contributed by atoms with Gasteiger partial charge in [0.25, 0.3) is 0 Å². The summed E-state index contributed by atoms with van der Waals surface area (Å²) < 4.78 is 31.8. The zero-order valence-corrected chi connectivity index (χ0v) is 17.6. The molecule has 1 N–H and O–H groups in total. The summed E-state index contributed by atoms with van der Waals surface area (Å²) in [4.78, 5) is 29.1. The minimum Gasteiger partial charge on any atom is -0.452 e. The Labute approximate surface area is 182 Å². The van der Waals surface area contributed by atoms with Gasteiger partial charge in [0.2, 0.25) is 5.91 Å². The largest absolute Gasteiger partial charge is 0.452 e. The highest BCUT2D eigenvalue weighted by atomic mass is 32.1. The van der Waals surface area contributed by atoms with E-state index in [0.29, 0.717) is 11.3 Å². The Hall–Kier alpha value is -3.13. The molecule has 1 heterocycles. The number of esters is 1. The van der Waals surface area contributed by atoms with Crippen LogP contribution in [0.1, 0.15) is 36.8 Å². The number of rotatable bonds is 6. The van der Waals surface area contributed by atoms with E-state index in [9.17, 15) is 18.4 Å². The summed E-state index contributed by atoms with van der Waals surface area (Å²) in [5.41, 5.74) is 1.32. The number of aromatic nitrogens is 1. The maximum absolute atomic E-state index is 13.3. The van der Waals surface area contributed by atoms with E-state index in [1.807, 2.05) is 12.1 Å². The monoisotopic (exact) mass is 442 g/mol. The number of anilines is 1. The van der Waals surface area contributed by atoms with Gasteiger partial charge in [-0.25, -0.2) is 13.8 Å². The Morgan fingerprint density at radius 1 is 1.13 bits per heavy atom. The Balaban J connectivity index is 1.41. The molecule has 1 aliphatic rings. The highest BCUT2D eigenvalue weighted by Gasteiger charge is 2.44. The first-order chi connectivity index (χ1) is 14.8. The van der Waals surface area contributed by atoms with E-state index in [-0.39, 0.29) is 18.3 Å². The molecule has 4 rings (SSSR count). The molecule has 1 saturated carbocycles. The van der Waals surface area contributed by atoms with Crippen LogP contribution in [0.25, 0.3) is 10.4 Å². The third-order valence-electron chi connectivity index (χ3n) is 5.20. The Kier molecular flexibility index (Phi) is 5.82. The van der Waals surface area contributed by atoms with Crippen molar-refractivity contribution >= 4 is 28.9 Å². The van der Waals surface area contributed by atoms with Crippen LogP contribution in [0.3, 0.4) is 0 Å². The molecule has 0 radical (unpaired) electrons. The summed E-state index contributed by atoms with van der Waals surface area (Å²) in [5, 5.41) is 3.55. The van der Waals surface area contributed by atoms with Crippen LogP contribution in [0.2, 0.25) is 0 Å². The van der Waals surface area contributed by atoms with Gasteiger partial charge in [-0.15, -0.1) is 11.3 Å². The second kappa shape index (κ2) is 8.55. The molecule has 0 aliphatic heterocycles. The number of hydrogen-bond donors (Lipinski definition) is 1. The molecule has 8 heteroatoms. The van der Waals surface area contributed by atoms with Crippen LogP contribution in [0.15, 0.2) is 48.7 Å². The summed E-state index contributed by atoms with van der Waals surface area (Å²) in [6.45, 7) is 1.41. The van der Waals surface area contributed by atoms with Crippen LogP contribution < -0.4 is 5.32 Å². The van der Waals surface area contributed by atoms with Gasteiger partial charge in [0.05, 0.1) is 11.3 Å². The predicted molar refractivity (Wildman–Crippen MR) is 114 cm³/mol. The van der Waals surface area contributed by atoms with Crippen LogP contribution in [-0.2, 0) is 26.3 Å². The standard InChI is InChI=1S/C23H20F2N2O3S/c1-14(28)30-23(9-2-10-23)22-26-13-20(31-22)16-4-6-17(7-5-16)27-21(29)12-15-3-8-18(24)19(25)11-15/h3-8,11,13H,2,9-10,12H2,1H3,(H,27,29). The lowest BCUT2D eigenvalue weighted by molar-refractivity contribution is -0.168. The number of amides is 1. The van der Waals surface area contributed by atoms with Gasteiger partial charge in [-0.2, -0.15) is 0 Å². The summed E-state index contributed by atoms with van der Waals surface area (Å²) in [7, 11) is 0. The van der Waals surface area contributed by atoms with E-state index in [1.54, 1.807) is 18.3 Å². The fourth-order valence-electron chi connectivity index (χ4n) is 3.51. The van der Waals surface area contributed by atoms with E-state index in [1.165, 1.54) is 24.3 Å². The van der Waals surface area contributed by atoms with Crippen molar-refractivity contribution in [3.8, 4) is 10.4 Å². The highest BCUT2D eigenvalue weighted by molar-refractivity contribution is 7.15. The Morgan fingerprint density at radius 3 is 2.48 bits per heavy atom. The normalized spacial score (nSPS) is 14.5. The van der Waals surface area contributed by atoms with Gasteiger partial charge in [0.15, 0.2) is 17.2 Å². The van der Waals surface area contributed by atoms with Crippen molar-refractivity contribution in [3.05, 3.63) is 70.9 Å². The van der Waals surface area contributed by atoms with Gasteiger partial charge in [0, 0.05) is 18.8 Å². The second-order valence-electron chi connectivity index (χ2n) is 7.52. The summed E-state index contributed by atoms with van der Waals surface area (Å²) in [6.07, 6.45) is 4.27. The number of carbonyl (C=O) groups excluding carboxylic acids is 2. The maximum atomic E-state index is 13.3. The summed E-state index contributed by atoms with van der Waals surface area (Å²) in [6, 6.07) is 10.7. The molecule has 3 aromatic rings. The maximum Gasteiger partial charge on any atom is 0.303 e. The molecule has 2 aromatic carbocycles. The molecule has 5 nitrogen and oxygen atoms in total. The zero-order valence-electron chi connectivity index (χ0n) is 16.8. The molecule has 1 amide bonds. The Morgan fingerprint density at radius 2 is 1.87 bits per heavy atom. The van der Waals surface area contributed by atoms with E-state index in [0.717, 1.165) is 46.8 Å². The molecular formula is C23H20F2N2O3S. The second-order valence-corrected chi connectivity index (χ2v) is 8.55. The van der Waals surface area contributed by atoms with Crippen LogP contribution in [0.4, 0.5) is 14.5 Å². The smallest absolute Gasteiger partial charge is 0.303 e. The molecule has 160 valence electrons. The first-order valence-corrected chi connectivity index (χ1v) is 10.7. The lowest BCUT2D eigenvalue weighted by Crippen LogP contribution is -2.38. The van der Waals surface area contributed by atoms with E-state index < -0.39 is 17.2 Å². The lowest BCUT2D eigenvalue weighted by Gasteiger charge is -2.38. The van der Waals surface area contributed by atoms with Crippen molar-refractivity contribution in [3.63, 3.8) is 0 Å². The van der Waals surface area contributed by atoms with Gasteiger partial charge in [-0.3, -0.25) is 9.59 Å². The van der Waals surface area contributed by atoms with Gasteiger partial charge in [0.1, 0.15) is 5.01 Å². The highest BCUT2D eigenvalue weighted by Crippen LogP contribution is 2.47. The van der Waals surface area contributed by atoms with E-state index in [2.05, 4.69) is 10.3 Å². The Bertz CT molecular complexity index is 1120. The van der Waals surface area contributed by atoms with Gasteiger partial charge < -0.3 is 10.1 Å². The number of nitrogens with one attached hydrogen (secondary N) is 1. The minimum atomic E-state index is -0.976. The lowest BCUT2D eigenvalue weighted by atomic mass is 9.80. The molecule has 0 atom stereocenters. The minimum absolute atomic E-state index is 0.0601. The van der Waals surface area contributed by atoms with Gasteiger partial charge >= 0.3 is 5.97 Å². The molecule has 1 aromatic heterocycles. The van der Waals surface area contributed by atoms with Crippen molar-refractivity contribution < 1.29 is 23.1 Å². The average molecular weight is 442 g/mol. The first-order valence-electron chi connectivity index (χ1n) is 9.85. The number of halogens is 2. The fraction of sp³-hybridized carbons (Fsp3) is 0.261. The van der Waals surface area contributed by atoms with E-state index >= 15 is 0 Å². The van der Waals surface area contributed by atoms with Gasteiger partial charge in [-0.1, -0.05) is 18.2 Å². The first kappa shape index (κ1) is 21.1. The fourth-order valence-corrected chi connectivity index (χ4v) is 4.61. The number of ether oxygens (including phenoxy) is 1. The van der Waals surface area contributed by atoms with Crippen molar-refractivity contribution in [1.82, 2.24) is 4.98 Å². The topological polar surface area (TPSA) is 68.3 Å². The van der Waals surface area contributed by atoms with Crippen molar-refractivity contribution in [2.45, 2.75) is 38.2 Å². The van der Waals surface area contributed by atoms with Crippen molar-refractivity contribution in [2.24, 2.45) is 0 Å². The molecule has 0 saturated heterocycles. The molecular weight excluding hydrogens is 422 g/mol. The van der Waals surface area contributed by atoms with Gasteiger partial charge in [-0.05, 0) is 54.7 Å². The summed E-state index contributed by atoms with van der Waals surface area (Å²) >= 11 is 1.49. The third kappa shape index (κ3) is 4.64. The third-order valence-corrected chi connectivity index (χ3v) is 6.43. The van der Waals surface area contributed by atoms with E-state index in [4.69, 9.17) is 4.74 Å². The predicted octanol–water partition coefficient (Wildman–Crippen LogP) is 5.21. The molecule has 1 aliphatic carbocycles. The van der Waals surface area contributed by atoms with Crippen LogP contribution >= 0.6 is 11.3 Å². The van der Waals surface area contributed by atoms with Crippen LogP contribution in [-0.4, -0.2) is 16.9 Å². The molecule has 1 fully saturated rings. The number of benzene rings is 2. The quantitative estimate of drug-likeness (QED) is 0.532. The molecule has 31 heavy (non-hydrogen) atoms. The zero-order chi connectivity index (χ0) is 22.0. The SMILES string of the molecule is CC(=O)OC1(c2ncc(-c3ccc(NC(=O)Cc4ccc(F)c(F)c4)cc3)s2)CCC1. The number of carbonyl (C=O) groups is 2. The van der Waals surface area contributed by atoms with Crippen LogP contribution in [0.5, 0.6) is 0 Å². The molecule has 0 bridgehead atoms. The van der Waals surface area contributed by atoms with Crippen molar-refractivity contribution in [2.75, 3.05) is 5.32 Å². The number of thiazole rings is 1.